The molecule has 0 fully saturated rings. The molecule has 0 saturated heterocycles. The lowest BCUT2D eigenvalue weighted by Crippen LogP contribution is -2.12. The lowest BCUT2D eigenvalue weighted by molar-refractivity contribution is 0.664. The summed E-state index contributed by atoms with van der Waals surface area (Å²) in [5.41, 5.74) is 8.12. The molecule has 0 saturated carbocycles. The van der Waals surface area contributed by atoms with Crippen molar-refractivity contribution in [1.29, 1.82) is 0 Å². The van der Waals surface area contributed by atoms with Crippen molar-refractivity contribution in [3.63, 3.8) is 0 Å². The van der Waals surface area contributed by atoms with Crippen molar-refractivity contribution < 1.29 is 0 Å². The molecule has 2 rings (SSSR count). The molecule has 0 aromatic carbocycles. The number of halogens is 1. The monoisotopic (exact) mass is 266 g/mol. The van der Waals surface area contributed by atoms with Gasteiger partial charge < -0.3 is 5.73 Å². The number of hydrogen-bond acceptors (Lipinski definition) is 3. The van der Waals surface area contributed by atoms with Crippen LogP contribution in [0.5, 0.6) is 0 Å². The first-order valence-electron chi connectivity index (χ1n) is 5.00. The van der Waals surface area contributed by atoms with Crippen molar-refractivity contribution in [2.45, 2.75) is 13.5 Å². The van der Waals surface area contributed by atoms with Crippen LogP contribution in [-0.2, 0) is 6.54 Å². The van der Waals surface area contributed by atoms with Gasteiger partial charge in [-0.25, -0.2) is 0 Å². The average molecular weight is 267 g/mol. The van der Waals surface area contributed by atoms with Crippen LogP contribution in [0.25, 0.3) is 0 Å². The molecule has 4 nitrogen and oxygen atoms in total. The zero-order valence-electron chi connectivity index (χ0n) is 9.22. The topological polar surface area (TPSA) is 56.7 Å². The molecule has 0 radical (unpaired) electrons. The van der Waals surface area contributed by atoms with Crippen LogP contribution in [-0.4, -0.2) is 19.8 Å². The van der Waals surface area contributed by atoms with Crippen LogP contribution in [0.1, 0.15) is 17.0 Å². The Hall–Kier alpha value is -1.46. The van der Waals surface area contributed by atoms with Gasteiger partial charge in [0.1, 0.15) is 4.99 Å². The second-order valence-electron chi connectivity index (χ2n) is 3.65. The Balaban J connectivity index is 2.27. The number of nitrogens with two attached hydrogens (primary N) is 1. The van der Waals surface area contributed by atoms with E-state index in [1.54, 1.807) is 12.4 Å². The van der Waals surface area contributed by atoms with Gasteiger partial charge in [-0.15, -0.1) is 0 Å². The predicted octanol–water partition coefficient (Wildman–Crippen LogP) is 1.92. The smallest absolute Gasteiger partial charge is 0.122 e. The molecule has 0 spiro atoms. The normalized spacial score (nSPS) is 10.5. The van der Waals surface area contributed by atoms with Crippen LogP contribution in [0, 0.1) is 6.92 Å². The van der Waals surface area contributed by atoms with Crippen molar-refractivity contribution in [1.82, 2.24) is 14.8 Å². The minimum atomic E-state index is 0.294. The number of hydrogen-bond donors (Lipinski definition) is 1. The quantitative estimate of drug-likeness (QED) is 0.863. The summed E-state index contributed by atoms with van der Waals surface area (Å²) in [5, 5.41) is 4.85. The van der Waals surface area contributed by atoms with Crippen molar-refractivity contribution >= 4 is 28.8 Å². The Morgan fingerprint density at radius 2 is 2.35 bits per heavy atom. The molecule has 2 aromatic rings. The molecule has 0 amide bonds. The van der Waals surface area contributed by atoms with Crippen LogP contribution in [0.3, 0.4) is 0 Å². The van der Waals surface area contributed by atoms with Gasteiger partial charge in [0.15, 0.2) is 0 Å². The van der Waals surface area contributed by atoms with E-state index in [4.69, 9.17) is 29.6 Å². The molecule has 0 aliphatic carbocycles. The largest absolute Gasteiger partial charge is 0.388 e. The Morgan fingerprint density at radius 1 is 1.59 bits per heavy atom. The van der Waals surface area contributed by atoms with Gasteiger partial charge in [-0.1, -0.05) is 23.8 Å². The Morgan fingerprint density at radius 3 is 2.94 bits per heavy atom. The molecule has 0 bridgehead atoms. The van der Waals surface area contributed by atoms with Crippen molar-refractivity contribution in [2.75, 3.05) is 0 Å². The second-order valence-corrected chi connectivity index (χ2v) is 4.50. The van der Waals surface area contributed by atoms with Gasteiger partial charge in [-0.05, 0) is 24.6 Å². The van der Waals surface area contributed by atoms with E-state index in [2.05, 4.69) is 10.1 Å². The van der Waals surface area contributed by atoms with Crippen LogP contribution in [0.15, 0.2) is 24.5 Å². The highest BCUT2D eigenvalue weighted by molar-refractivity contribution is 7.80. The fourth-order valence-corrected chi connectivity index (χ4v) is 1.72. The maximum atomic E-state index is 5.94. The van der Waals surface area contributed by atoms with Crippen LogP contribution < -0.4 is 5.73 Å². The third-order valence-electron chi connectivity index (χ3n) is 2.45. The molecule has 2 N–H and O–H groups in total. The third kappa shape index (κ3) is 2.62. The lowest BCUT2D eigenvalue weighted by Gasteiger charge is -2.06. The zero-order valence-corrected chi connectivity index (χ0v) is 10.8. The van der Waals surface area contributed by atoms with E-state index in [-0.39, 0.29) is 0 Å². The summed E-state index contributed by atoms with van der Waals surface area (Å²) in [4.78, 5) is 4.38. The Labute approximate surface area is 109 Å². The summed E-state index contributed by atoms with van der Waals surface area (Å²) in [5.74, 6) is 0. The molecule has 2 aromatic heterocycles. The summed E-state index contributed by atoms with van der Waals surface area (Å²) < 4.78 is 1.82. The molecule has 17 heavy (non-hydrogen) atoms. The first kappa shape index (κ1) is 12.0. The summed E-state index contributed by atoms with van der Waals surface area (Å²) in [6.07, 6.45) is 3.32. The standard InChI is InChI=1S/C11H11ClN4S/c1-7-9(12)5-15-16(7)6-8-2-3-14-10(4-8)11(13)17/h2-5H,6H2,1H3,(H2,13,17). The maximum Gasteiger partial charge on any atom is 0.122 e. The van der Waals surface area contributed by atoms with Crippen LogP contribution in [0.2, 0.25) is 5.02 Å². The zero-order chi connectivity index (χ0) is 12.4. The van der Waals surface area contributed by atoms with Crippen LogP contribution >= 0.6 is 23.8 Å². The molecular weight excluding hydrogens is 256 g/mol. The summed E-state index contributed by atoms with van der Waals surface area (Å²) >= 11 is 10.8. The fraction of sp³-hybridized carbons (Fsp3) is 0.182. The van der Waals surface area contributed by atoms with Gasteiger partial charge in [-0.2, -0.15) is 5.10 Å². The first-order chi connectivity index (χ1) is 8.08. The van der Waals surface area contributed by atoms with E-state index in [1.807, 2.05) is 23.7 Å². The number of pyridine rings is 1. The minimum absolute atomic E-state index is 0.294. The van der Waals surface area contributed by atoms with Crippen molar-refractivity contribution in [3.05, 3.63) is 46.5 Å². The van der Waals surface area contributed by atoms with E-state index < -0.39 is 0 Å². The van der Waals surface area contributed by atoms with Crippen LogP contribution in [0.4, 0.5) is 0 Å². The van der Waals surface area contributed by atoms with E-state index in [1.165, 1.54) is 0 Å². The third-order valence-corrected chi connectivity index (χ3v) is 3.03. The molecule has 2 heterocycles. The van der Waals surface area contributed by atoms with Gasteiger partial charge in [-0.3, -0.25) is 9.67 Å². The van der Waals surface area contributed by atoms with E-state index in [0.717, 1.165) is 11.3 Å². The molecular formula is C11H11ClN4S. The summed E-state index contributed by atoms with van der Waals surface area (Å²) in [7, 11) is 0. The SMILES string of the molecule is Cc1c(Cl)cnn1Cc1ccnc(C(N)=S)c1. The number of aromatic nitrogens is 3. The Bertz CT molecular complexity index is 564. The Kier molecular flexibility index (Phi) is 3.40. The number of thiocarbonyl (C=S) groups is 1. The highest BCUT2D eigenvalue weighted by atomic mass is 35.5. The minimum Gasteiger partial charge on any atom is -0.388 e. The molecule has 0 aliphatic heterocycles. The average Bonchev–Trinajstić information content (AvgIpc) is 2.61. The molecule has 6 heteroatoms. The van der Waals surface area contributed by atoms with Gasteiger partial charge in [0, 0.05) is 6.20 Å². The predicted molar refractivity (Wildman–Crippen MR) is 71.2 cm³/mol. The maximum absolute atomic E-state index is 5.94. The fourth-order valence-electron chi connectivity index (χ4n) is 1.46. The van der Waals surface area contributed by atoms with Gasteiger partial charge in [0.2, 0.25) is 0 Å². The molecule has 0 aliphatic rings. The van der Waals surface area contributed by atoms with Crippen molar-refractivity contribution in [2.24, 2.45) is 5.73 Å². The van der Waals surface area contributed by atoms with E-state index in [0.29, 0.717) is 22.2 Å². The van der Waals surface area contributed by atoms with Gasteiger partial charge >= 0.3 is 0 Å². The number of rotatable bonds is 3. The number of nitrogens with zero attached hydrogens (tertiary/aromatic N) is 3. The van der Waals surface area contributed by atoms with E-state index in [9.17, 15) is 0 Å². The van der Waals surface area contributed by atoms with Gasteiger partial charge in [0.05, 0.1) is 29.2 Å². The van der Waals surface area contributed by atoms with Crippen molar-refractivity contribution in [3.8, 4) is 0 Å². The second kappa shape index (κ2) is 4.81. The summed E-state index contributed by atoms with van der Waals surface area (Å²) in [6, 6.07) is 3.76. The van der Waals surface area contributed by atoms with Gasteiger partial charge in [0.25, 0.3) is 0 Å². The molecule has 0 unspecified atom stereocenters. The molecule has 88 valence electrons. The highest BCUT2D eigenvalue weighted by Gasteiger charge is 2.06. The highest BCUT2D eigenvalue weighted by Crippen LogP contribution is 2.14. The molecule has 0 atom stereocenters. The summed E-state index contributed by atoms with van der Waals surface area (Å²) in [6.45, 7) is 2.54. The first-order valence-corrected chi connectivity index (χ1v) is 5.79. The van der Waals surface area contributed by atoms with E-state index >= 15 is 0 Å². The lowest BCUT2D eigenvalue weighted by atomic mass is 10.2.